The predicted octanol–water partition coefficient (Wildman–Crippen LogP) is 2.40. The lowest BCUT2D eigenvalue weighted by Gasteiger charge is -2.42. The number of imidazole rings is 1. The third kappa shape index (κ3) is 7.01. The van der Waals surface area contributed by atoms with Gasteiger partial charge in [-0.1, -0.05) is 6.92 Å². The highest BCUT2D eigenvalue weighted by atomic mass is 32.2. The molecule has 0 aliphatic carbocycles. The third-order valence-electron chi connectivity index (χ3n) is 7.09. The Kier molecular flexibility index (Phi) is 9.05. The van der Waals surface area contributed by atoms with Crippen LogP contribution >= 0.6 is 0 Å². The maximum atomic E-state index is 14.9. The molecule has 0 spiro atoms. The van der Waals surface area contributed by atoms with Crippen LogP contribution in [0.3, 0.4) is 0 Å². The molecule has 3 unspecified atom stereocenters. The van der Waals surface area contributed by atoms with Gasteiger partial charge < -0.3 is 30.5 Å². The van der Waals surface area contributed by atoms with Gasteiger partial charge in [-0.15, -0.1) is 0 Å². The van der Waals surface area contributed by atoms with E-state index in [9.17, 15) is 17.2 Å². The number of aliphatic hydroxyl groups excluding tert-OH is 1. The standard InChI is InChI=1S/C28H33F2N7O5S/c1-17-15-36(16-22(31)27(17)42-9-10-43(2,39)40)25-5-6-32-14-24(25)34-28-33-13-18-3-4-23(35-37(18)28)26-20(29)11-19(12-21(26)30)41-8-7-38/h3-6,11-14,17,22,27,38H,7-10,15-16,31H2,1-2H3,(H,33,34). The zero-order valence-electron chi connectivity index (χ0n) is 23.7. The van der Waals surface area contributed by atoms with Gasteiger partial charge in [-0.3, -0.25) is 4.98 Å². The second kappa shape index (κ2) is 12.8. The lowest BCUT2D eigenvalue weighted by molar-refractivity contribution is 0.00183. The number of sulfone groups is 1. The van der Waals surface area contributed by atoms with Gasteiger partial charge in [-0.25, -0.2) is 22.2 Å². The molecule has 1 saturated heterocycles. The Bertz CT molecular complexity index is 1670. The number of piperidine rings is 1. The molecule has 4 N–H and O–H groups in total. The fourth-order valence-corrected chi connectivity index (χ4v) is 5.55. The fourth-order valence-electron chi connectivity index (χ4n) is 5.15. The average Bonchev–Trinajstić information content (AvgIpc) is 3.34. The van der Waals surface area contributed by atoms with Crippen molar-refractivity contribution in [2.24, 2.45) is 11.7 Å². The van der Waals surface area contributed by atoms with Crippen molar-refractivity contribution in [3.63, 3.8) is 0 Å². The minimum Gasteiger partial charge on any atom is -0.491 e. The van der Waals surface area contributed by atoms with Gasteiger partial charge in [-0.05, 0) is 18.2 Å². The number of hydrogen-bond acceptors (Lipinski definition) is 11. The predicted molar refractivity (Wildman–Crippen MR) is 157 cm³/mol. The van der Waals surface area contributed by atoms with E-state index < -0.39 is 21.5 Å². The monoisotopic (exact) mass is 617 g/mol. The molecule has 12 nitrogen and oxygen atoms in total. The van der Waals surface area contributed by atoms with Crippen LogP contribution in [0.15, 0.2) is 48.9 Å². The first-order valence-corrected chi connectivity index (χ1v) is 15.7. The van der Waals surface area contributed by atoms with Gasteiger partial charge in [0.15, 0.2) is 0 Å². The van der Waals surface area contributed by atoms with Crippen LogP contribution in [0.25, 0.3) is 16.8 Å². The first-order chi connectivity index (χ1) is 20.5. The first-order valence-electron chi connectivity index (χ1n) is 13.6. The Morgan fingerprint density at radius 3 is 2.60 bits per heavy atom. The third-order valence-corrected chi connectivity index (χ3v) is 8.00. The van der Waals surface area contributed by atoms with Crippen LogP contribution in [0.4, 0.5) is 26.1 Å². The number of anilines is 3. The van der Waals surface area contributed by atoms with Crippen LogP contribution in [0.5, 0.6) is 5.75 Å². The number of aromatic nitrogens is 4. The van der Waals surface area contributed by atoms with Crippen LogP contribution in [-0.4, -0.2) is 90.2 Å². The molecule has 3 atom stereocenters. The molecule has 4 heterocycles. The van der Waals surface area contributed by atoms with Crippen LogP contribution in [0.1, 0.15) is 6.92 Å². The molecular weight excluding hydrogens is 584 g/mol. The number of fused-ring (bicyclic) bond motifs is 1. The van der Waals surface area contributed by atoms with E-state index in [-0.39, 0.29) is 60.6 Å². The van der Waals surface area contributed by atoms with E-state index in [4.69, 9.17) is 20.3 Å². The maximum Gasteiger partial charge on any atom is 0.229 e. The lowest BCUT2D eigenvalue weighted by atomic mass is 9.92. The Labute approximate surface area is 247 Å². The summed E-state index contributed by atoms with van der Waals surface area (Å²) in [7, 11) is -3.14. The number of halogens is 2. The number of nitrogens with one attached hydrogen (secondary N) is 1. The van der Waals surface area contributed by atoms with Gasteiger partial charge in [0.05, 0.1) is 65.6 Å². The minimum absolute atomic E-state index is 0.00558. The number of hydrogen-bond donors (Lipinski definition) is 3. The molecule has 3 aromatic heterocycles. The maximum absolute atomic E-state index is 14.9. The molecule has 0 radical (unpaired) electrons. The number of nitrogens with zero attached hydrogens (tertiary/aromatic N) is 5. The summed E-state index contributed by atoms with van der Waals surface area (Å²) in [5.41, 5.74) is 8.19. The van der Waals surface area contributed by atoms with Crippen LogP contribution in [0, 0.1) is 17.6 Å². The largest absolute Gasteiger partial charge is 0.491 e. The molecule has 0 amide bonds. The van der Waals surface area contributed by atoms with Crippen LogP contribution < -0.4 is 20.7 Å². The summed E-state index contributed by atoms with van der Waals surface area (Å²) in [6, 6.07) is 6.70. The quantitative estimate of drug-likeness (QED) is 0.227. The van der Waals surface area contributed by atoms with Gasteiger partial charge in [-0.2, -0.15) is 9.61 Å². The number of ether oxygens (including phenoxy) is 2. The molecule has 1 fully saturated rings. The van der Waals surface area contributed by atoms with Crippen molar-refractivity contribution in [1.29, 1.82) is 0 Å². The van der Waals surface area contributed by atoms with Gasteiger partial charge in [0.1, 0.15) is 33.8 Å². The highest BCUT2D eigenvalue weighted by Crippen LogP contribution is 2.33. The fraction of sp³-hybridized carbons (Fsp3) is 0.393. The zero-order chi connectivity index (χ0) is 30.7. The average molecular weight is 618 g/mol. The Morgan fingerprint density at radius 2 is 1.91 bits per heavy atom. The molecule has 0 bridgehead atoms. The van der Waals surface area contributed by atoms with Crippen LogP contribution in [-0.2, 0) is 14.6 Å². The molecule has 230 valence electrons. The van der Waals surface area contributed by atoms with E-state index >= 15 is 0 Å². The van der Waals surface area contributed by atoms with Crippen molar-refractivity contribution in [3.05, 3.63) is 60.6 Å². The Morgan fingerprint density at radius 1 is 1.14 bits per heavy atom. The smallest absolute Gasteiger partial charge is 0.229 e. The summed E-state index contributed by atoms with van der Waals surface area (Å²) in [6.07, 6.45) is 5.74. The van der Waals surface area contributed by atoms with Gasteiger partial charge >= 0.3 is 0 Å². The normalized spacial score (nSPS) is 19.1. The van der Waals surface area contributed by atoms with Gasteiger partial charge in [0.25, 0.3) is 0 Å². The topological polar surface area (TPSA) is 157 Å². The second-order valence-corrected chi connectivity index (χ2v) is 12.8. The van der Waals surface area contributed by atoms with E-state index in [1.807, 2.05) is 13.0 Å². The summed E-state index contributed by atoms with van der Waals surface area (Å²) in [4.78, 5) is 10.8. The van der Waals surface area contributed by atoms with Gasteiger partial charge in [0.2, 0.25) is 5.95 Å². The molecule has 5 rings (SSSR count). The van der Waals surface area contributed by atoms with Crippen molar-refractivity contribution in [1.82, 2.24) is 19.6 Å². The van der Waals surface area contributed by atoms with E-state index in [1.165, 1.54) is 16.8 Å². The number of rotatable bonds is 11. The summed E-state index contributed by atoms with van der Waals surface area (Å²) < 4.78 is 65.3. The highest BCUT2D eigenvalue weighted by Gasteiger charge is 2.34. The van der Waals surface area contributed by atoms with E-state index in [0.717, 1.165) is 17.8 Å². The summed E-state index contributed by atoms with van der Waals surface area (Å²) in [5.74, 6) is -1.53. The van der Waals surface area contributed by atoms with Crippen molar-refractivity contribution in [2.75, 3.05) is 55.1 Å². The summed E-state index contributed by atoms with van der Waals surface area (Å²) in [5, 5.41) is 16.6. The van der Waals surface area contributed by atoms with E-state index in [0.29, 0.717) is 30.2 Å². The van der Waals surface area contributed by atoms with E-state index in [2.05, 4.69) is 25.3 Å². The molecular formula is C28H33F2N7O5S. The van der Waals surface area contributed by atoms with Crippen molar-refractivity contribution < 1.29 is 31.8 Å². The lowest BCUT2D eigenvalue weighted by Crippen LogP contribution is -2.57. The number of benzene rings is 1. The SMILES string of the molecule is CC1CN(c2ccncc2Nc2ncc3ccc(-c4c(F)cc(OCCO)cc4F)nn23)CC(N)C1OCCS(C)(=O)=O. The van der Waals surface area contributed by atoms with Crippen LogP contribution in [0.2, 0.25) is 0 Å². The van der Waals surface area contributed by atoms with Crippen molar-refractivity contribution in [3.8, 4) is 17.0 Å². The number of pyridine rings is 1. The summed E-state index contributed by atoms with van der Waals surface area (Å²) >= 11 is 0. The molecule has 15 heteroatoms. The summed E-state index contributed by atoms with van der Waals surface area (Å²) in [6.45, 7) is 2.75. The Hall–Kier alpha value is -3.92. The van der Waals surface area contributed by atoms with E-state index in [1.54, 1.807) is 24.7 Å². The molecule has 0 saturated carbocycles. The second-order valence-electron chi connectivity index (χ2n) is 10.5. The van der Waals surface area contributed by atoms with Crippen molar-refractivity contribution >= 4 is 32.7 Å². The first kappa shape index (κ1) is 30.5. The highest BCUT2D eigenvalue weighted by molar-refractivity contribution is 7.90. The molecule has 4 aromatic rings. The van der Waals surface area contributed by atoms with Gasteiger partial charge in [0, 0.05) is 49.6 Å². The molecule has 1 aliphatic rings. The minimum atomic E-state index is -3.14. The zero-order valence-corrected chi connectivity index (χ0v) is 24.5. The number of aliphatic hydroxyl groups is 1. The number of nitrogens with two attached hydrogens (primary N) is 1. The Balaban J connectivity index is 1.37. The molecule has 1 aliphatic heterocycles. The molecule has 1 aromatic carbocycles. The van der Waals surface area contributed by atoms with Crippen molar-refractivity contribution in [2.45, 2.75) is 19.1 Å². The molecule has 43 heavy (non-hydrogen) atoms.